The van der Waals surface area contributed by atoms with Crippen molar-refractivity contribution in [2.75, 3.05) is 20.6 Å². The van der Waals surface area contributed by atoms with Crippen LogP contribution in [0.4, 0.5) is 0 Å². The van der Waals surface area contributed by atoms with Crippen LogP contribution in [0.3, 0.4) is 0 Å². The van der Waals surface area contributed by atoms with Crippen LogP contribution in [-0.4, -0.2) is 31.6 Å². The molecule has 2 rings (SSSR count). The molecule has 1 N–H and O–H groups in total. The highest BCUT2D eigenvalue weighted by Crippen LogP contribution is 2.38. The molecular weight excluding hydrogens is 220 g/mol. The fourth-order valence-corrected chi connectivity index (χ4v) is 3.13. The van der Waals surface area contributed by atoms with Crippen molar-refractivity contribution in [2.45, 2.75) is 44.7 Å². The fourth-order valence-electron chi connectivity index (χ4n) is 3.13. The van der Waals surface area contributed by atoms with Crippen LogP contribution in [-0.2, 0) is 0 Å². The molecule has 0 amide bonds. The maximum Gasteiger partial charge on any atom is 0.0480 e. The summed E-state index contributed by atoms with van der Waals surface area (Å²) < 4.78 is 0. The predicted molar refractivity (Wildman–Crippen MR) is 78.0 cm³/mol. The van der Waals surface area contributed by atoms with Gasteiger partial charge in [0.2, 0.25) is 0 Å². The molecular formula is C16H26N2. The van der Waals surface area contributed by atoms with Gasteiger partial charge in [0.15, 0.2) is 0 Å². The molecule has 2 heteroatoms. The third-order valence-electron chi connectivity index (χ3n) is 4.12. The normalized spacial score (nSPS) is 27.3. The molecule has 3 atom stereocenters. The number of nitrogens with one attached hydrogen (secondary N) is 1. The first-order valence-corrected chi connectivity index (χ1v) is 7.13. The molecule has 0 bridgehead atoms. The molecule has 0 saturated carbocycles. The highest BCUT2D eigenvalue weighted by molar-refractivity contribution is 5.36. The Labute approximate surface area is 111 Å². The SMILES string of the molecule is CCCNC1c2ccccc2C(C)CC1N(C)C. The van der Waals surface area contributed by atoms with Gasteiger partial charge < -0.3 is 10.2 Å². The molecule has 1 aromatic rings. The average molecular weight is 246 g/mol. The van der Waals surface area contributed by atoms with E-state index < -0.39 is 0 Å². The van der Waals surface area contributed by atoms with Gasteiger partial charge in [0.05, 0.1) is 0 Å². The van der Waals surface area contributed by atoms with Crippen LogP contribution < -0.4 is 5.32 Å². The maximum atomic E-state index is 3.74. The molecule has 18 heavy (non-hydrogen) atoms. The summed E-state index contributed by atoms with van der Waals surface area (Å²) in [4.78, 5) is 2.37. The van der Waals surface area contributed by atoms with E-state index in [4.69, 9.17) is 0 Å². The molecule has 0 spiro atoms. The lowest BCUT2D eigenvalue weighted by Gasteiger charge is -2.41. The zero-order valence-corrected chi connectivity index (χ0v) is 12.1. The van der Waals surface area contributed by atoms with E-state index in [-0.39, 0.29) is 0 Å². The number of likely N-dealkylation sites (N-methyl/N-ethyl adjacent to an activating group) is 1. The molecule has 2 nitrogen and oxygen atoms in total. The molecule has 0 saturated heterocycles. The molecule has 100 valence electrons. The van der Waals surface area contributed by atoms with E-state index >= 15 is 0 Å². The molecule has 0 aromatic heterocycles. The van der Waals surface area contributed by atoms with Gasteiger partial charge in [0.1, 0.15) is 0 Å². The fraction of sp³-hybridized carbons (Fsp3) is 0.625. The zero-order chi connectivity index (χ0) is 13.1. The summed E-state index contributed by atoms with van der Waals surface area (Å²) in [5.41, 5.74) is 3.03. The second-order valence-corrected chi connectivity index (χ2v) is 5.73. The van der Waals surface area contributed by atoms with Crippen molar-refractivity contribution in [3.63, 3.8) is 0 Å². The summed E-state index contributed by atoms with van der Waals surface area (Å²) in [5.74, 6) is 0.660. The van der Waals surface area contributed by atoms with Crippen LogP contribution >= 0.6 is 0 Å². The second-order valence-electron chi connectivity index (χ2n) is 5.73. The quantitative estimate of drug-likeness (QED) is 0.878. The first kappa shape index (κ1) is 13.6. The predicted octanol–water partition coefficient (Wildman–Crippen LogP) is 3.16. The largest absolute Gasteiger partial charge is 0.309 e. The first-order chi connectivity index (χ1) is 8.65. The summed E-state index contributed by atoms with van der Waals surface area (Å²) in [7, 11) is 4.40. The van der Waals surface area contributed by atoms with Crippen molar-refractivity contribution in [1.29, 1.82) is 0 Å². The van der Waals surface area contributed by atoms with Gasteiger partial charge in [-0.05, 0) is 50.5 Å². The van der Waals surface area contributed by atoms with E-state index in [1.165, 1.54) is 24.0 Å². The number of rotatable bonds is 4. The van der Waals surface area contributed by atoms with Crippen LogP contribution in [0, 0.1) is 0 Å². The van der Waals surface area contributed by atoms with Gasteiger partial charge in [-0.15, -0.1) is 0 Å². The number of hydrogen-bond acceptors (Lipinski definition) is 2. The van der Waals surface area contributed by atoms with Crippen LogP contribution in [0.2, 0.25) is 0 Å². The monoisotopic (exact) mass is 246 g/mol. The molecule has 3 unspecified atom stereocenters. The van der Waals surface area contributed by atoms with Crippen molar-refractivity contribution >= 4 is 0 Å². The number of fused-ring (bicyclic) bond motifs is 1. The van der Waals surface area contributed by atoms with E-state index in [2.05, 4.69) is 62.4 Å². The van der Waals surface area contributed by atoms with Gasteiger partial charge in [0, 0.05) is 12.1 Å². The Kier molecular flexibility index (Phi) is 4.41. The molecule has 0 fully saturated rings. The van der Waals surface area contributed by atoms with Gasteiger partial charge in [-0.2, -0.15) is 0 Å². The lowest BCUT2D eigenvalue weighted by molar-refractivity contribution is 0.195. The minimum absolute atomic E-state index is 0.479. The Bertz CT molecular complexity index is 386. The van der Waals surface area contributed by atoms with E-state index in [1.54, 1.807) is 0 Å². The number of nitrogens with zero attached hydrogens (tertiary/aromatic N) is 1. The number of benzene rings is 1. The van der Waals surface area contributed by atoms with E-state index in [1.807, 2.05) is 0 Å². The Morgan fingerprint density at radius 2 is 1.89 bits per heavy atom. The van der Waals surface area contributed by atoms with Gasteiger partial charge in [-0.25, -0.2) is 0 Å². The van der Waals surface area contributed by atoms with Crippen molar-refractivity contribution in [3.8, 4) is 0 Å². The Hall–Kier alpha value is -0.860. The lowest BCUT2D eigenvalue weighted by Crippen LogP contribution is -2.45. The smallest absolute Gasteiger partial charge is 0.0480 e. The summed E-state index contributed by atoms with van der Waals surface area (Å²) >= 11 is 0. The Morgan fingerprint density at radius 3 is 2.50 bits per heavy atom. The Morgan fingerprint density at radius 1 is 1.22 bits per heavy atom. The van der Waals surface area contributed by atoms with Crippen molar-refractivity contribution < 1.29 is 0 Å². The average Bonchev–Trinajstić information content (AvgIpc) is 2.37. The summed E-state index contributed by atoms with van der Waals surface area (Å²) in [6.45, 7) is 5.68. The molecule has 0 radical (unpaired) electrons. The van der Waals surface area contributed by atoms with Crippen molar-refractivity contribution in [2.24, 2.45) is 0 Å². The summed E-state index contributed by atoms with van der Waals surface area (Å²) in [6, 6.07) is 10.0. The highest BCUT2D eigenvalue weighted by Gasteiger charge is 2.33. The standard InChI is InChI=1S/C16H26N2/c1-5-10-17-16-14-9-7-6-8-13(14)12(2)11-15(16)18(3)4/h6-9,12,15-17H,5,10-11H2,1-4H3. The first-order valence-electron chi connectivity index (χ1n) is 7.13. The molecule has 0 heterocycles. The van der Waals surface area contributed by atoms with Gasteiger partial charge in [-0.3, -0.25) is 0 Å². The van der Waals surface area contributed by atoms with Crippen molar-refractivity contribution in [1.82, 2.24) is 10.2 Å². The zero-order valence-electron chi connectivity index (χ0n) is 12.1. The molecule has 1 aliphatic carbocycles. The summed E-state index contributed by atoms with van der Waals surface area (Å²) in [5, 5.41) is 3.74. The highest BCUT2D eigenvalue weighted by atomic mass is 15.1. The maximum absolute atomic E-state index is 3.74. The minimum Gasteiger partial charge on any atom is -0.309 e. The third kappa shape index (κ3) is 2.60. The van der Waals surface area contributed by atoms with Crippen LogP contribution in [0.5, 0.6) is 0 Å². The van der Waals surface area contributed by atoms with Crippen LogP contribution in [0.25, 0.3) is 0 Å². The summed E-state index contributed by atoms with van der Waals surface area (Å²) in [6.07, 6.45) is 2.43. The van der Waals surface area contributed by atoms with E-state index in [0.29, 0.717) is 18.0 Å². The lowest BCUT2D eigenvalue weighted by atomic mass is 9.77. The van der Waals surface area contributed by atoms with Crippen LogP contribution in [0.15, 0.2) is 24.3 Å². The molecule has 1 aromatic carbocycles. The van der Waals surface area contributed by atoms with Gasteiger partial charge >= 0.3 is 0 Å². The van der Waals surface area contributed by atoms with Gasteiger partial charge in [-0.1, -0.05) is 38.1 Å². The number of hydrogen-bond donors (Lipinski definition) is 1. The third-order valence-corrected chi connectivity index (χ3v) is 4.12. The topological polar surface area (TPSA) is 15.3 Å². The second kappa shape index (κ2) is 5.85. The van der Waals surface area contributed by atoms with E-state index in [9.17, 15) is 0 Å². The molecule has 1 aliphatic rings. The van der Waals surface area contributed by atoms with Gasteiger partial charge in [0.25, 0.3) is 0 Å². The van der Waals surface area contributed by atoms with E-state index in [0.717, 1.165) is 6.54 Å². The minimum atomic E-state index is 0.479. The van der Waals surface area contributed by atoms with Crippen LogP contribution in [0.1, 0.15) is 49.8 Å². The Balaban J connectivity index is 2.33. The van der Waals surface area contributed by atoms with Crippen molar-refractivity contribution in [3.05, 3.63) is 35.4 Å². The molecule has 0 aliphatic heterocycles.